The first-order chi connectivity index (χ1) is 9.40. The fraction of sp³-hybridized carbons (Fsp3) is 0.600. The summed E-state index contributed by atoms with van der Waals surface area (Å²) in [6.07, 6.45) is 3.46. The van der Waals surface area contributed by atoms with Gasteiger partial charge in [-0.3, -0.25) is 0 Å². The molecule has 0 amide bonds. The Morgan fingerprint density at radius 3 is 2.95 bits per heavy atom. The Hall–Kier alpha value is -1.26. The Morgan fingerprint density at radius 1 is 1.16 bits per heavy atom. The van der Waals surface area contributed by atoms with Crippen molar-refractivity contribution in [3.8, 4) is 11.5 Å². The summed E-state index contributed by atoms with van der Waals surface area (Å²) in [6.45, 7) is 6.15. The van der Waals surface area contributed by atoms with Crippen molar-refractivity contribution in [3.05, 3.63) is 23.8 Å². The van der Waals surface area contributed by atoms with Gasteiger partial charge in [0, 0.05) is 6.61 Å². The van der Waals surface area contributed by atoms with Crippen LogP contribution >= 0.6 is 0 Å². The first-order valence-corrected chi connectivity index (χ1v) is 7.07. The molecule has 0 bridgehead atoms. The van der Waals surface area contributed by atoms with Crippen LogP contribution in [0, 0.1) is 0 Å². The lowest BCUT2D eigenvalue weighted by molar-refractivity contribution is 0.117. The SMILES string of the molecule is CCCNCCCCOCc1ccc2c(c1)OCO2. The van der Waals surface area contributed by atoms with Crippen LogP contribution in [0.15, 0.2) is 18.2 Å². The molecule has 4 heteroatoms. The fourth-order valence-electron chi connectivity index (χ4n) is 1.98. The van der Waals surface area contributed by atoms with Crippen molar-refractivity contribution < 1.29 is 14.2 Å². The summed E-state index contributed by atoms with van der Waals surface area (Å²) in [5, 5.41) is 3.39. The molecule has 1 aromatic carbocycles. The Balaban J connectivity index is 1.56. The summed E-state index contributed by atoms with van der Waals surface area (Å²) in [5.74, 6) is 1.65. The van der Waals surface area contributed by atoms with Crippen LogP contribution in [0.1, 0.15) is 31.7 Å². The molecule has 0 atom stereocenters. The smallest absolute Gasteiger partial charge is 0.231 e. The molecule has 4 nitrogen and oxygen atoms in total. The van der Waals surface area contributed by atoms with Gasteiger partial charge in [-0.15, -0.1) is 0 Å². The molecule has 19 heavy (non-hydrogen) atoms. The van der Waals surface area contributed by atoms with Gasteiger partial charge >= 0.3 is 0 Å². The van der Waals surface area contributed by atoms with Crippen LogP contribution in [0.3, 0.4) is 0 Å². The second kappa shape index (κ2) is 8.02. The van der Waals surface area contributed by atoms with E-state index < -0.39 is 0 Å². The van der Waals surface area contributed by atoms with Gasteiger partial charge in [0.25, 0.3) is 0 Å². The van der Waals surface area contributed by atoms with E-state index in [1.54, 1.807) is 0 Å². The fourth-order valence-corrected chi connectivity index (χ4v) is 1.98. The predicted octanol–water partition coefficient (Wildman–Crippen LogP) is 2.71. The van der Waals surface area contributed by atoms with Crippen LogP contribution in [0.2, 0.25) is 0 Å². The zero-order chi connectivity index (χ0) is 13.3. The average molecular weight is 265 g/mol. The zero-order valence-corrected chi connectivity index (χ0v) is 11.6. The number of fused-ring (bicyclic) bond motifs is 1. The van der Waals surface area contributed by atoms with Gasteiger partial charge in [0.15, 0.2) is 11.5 Å². The molecule has 0 aliphatic carbocycles. The van der Waals surface area contributed by atoms with Gasteiger partial charge in [-0.2, -0.15) is 0 Å². The van der Waals surface area contributed by atoms with Crippen molar-refractivity contribution >= 4 is 0 Å². The molecule has 0 saturated heterocycles. The number of unbranched alkanes of at least 4 members (excludes halogenated alkanes) is 1. The number of nitrogens with one attached hydrogen (secondary N) is 1. The third-order valence-corrected chi connectivity index (χ3v) is 3.02. The van der Waals surface area contributed by atoms with E-state index in [1.807, 2.05) is 18.2 Å². The number of hydrogen-bond donors (Lipinski definition) is 1. The average Bonchev–Trinajstić information content (AvgIpc) is 2.89. The standard InChI is InChI=1S/C15H23NO3/c1-2-7-16-8-3-4-9-17-11-13-5-6-14-15(10-13)19-12-18-14/h5-6,10,16H,2-4,7-9,11-12H2,1H3. The van der Waals surface area contributed by atoms with Gasteiger partial charge in [-0.25, -0.2) is 0 Å². The Bertz CT molecular complexity index is 382. The highest BCUT2D eigenvalue weighted by molar-refractivity contribution is 5.44. The highest BCUT2D eigenvalue weighted by Crippen LogP contribution is 2.32. The van der Waals surface area contributed by atoms with Crippen LogP contribution in [0.5, 0.6) is 11.5 Å². The van der Waals surface area contributed by atoms with Crippen LogP contribution in [-0.2, 0) is 11.3 Å². The lowest BCUT2D eigenvalue weighted by Crippen LogP contribution is -2.16. The number of hydrogen-bond acceptors (Lipinski definition) is 4. The highest BCUT2D eigenvalue weighted by Gasteiger charge is 2.12. The maximum Gasteiger partial charge on any atom is 0.231 e. The molecule has 0 spiro atoms. The van der Waals surface area contributed by atoms with Crippen LogP contribution in [-0.4, -0.2) is 26.5 Å². The third-order valence-electron chi connectivity index (χ3n) is 3.02. The number of rotatable bonds is 9. The first-order valence-electron chi connectivity index (χ1n) is 7.07. The first kappa shape index (κ1) is 14.2. The molecule has 1 aliphatic heterocycles. The van der Waals surface area contributed by atoms with Gasteiger partial charge in [0.1, 0.15) is 0 Å². The second-order valence-electron chi connectivity index (χ2n) is 4.70. The minimum Gasteiger partial charge on any atom is -0.454 e. The predicted molar refractivity (Wildman–Crippen MR) is 74.6 cm³/mol. The quantitative estimate of drug-likeness (QED) is 0.697. The van der Waals surface area contributed by atoms with Gasteiger partial charge in [-0.1, -0.05) is 13.0 Å². The van der Waals surface area contributed by atoms with E-state index in [1.165, 1.54) is 12.8 Å². The molecule has 1 aliphatic rings. The van der Waals surface area contributed by atoms with E-state index in [4.69, 9.17) is 14.2 Å². The normalized spacial score (nSPS) is 12.9. The van der Waals surface area contributed by atoms with E-state index in [0.29, 0.717) is 13.4 Å². The maximum atomic E-state index is 5.66. The van der Waals surface area contributed by atoms with E-state index in [2.05, 4.69) is 12.2 Å². The Morgan fingerprint density at radius 2 is 2.05 bits per heavy atom. The Labute approximate surface area is 115 Å². The van der Waals surface area contributed by atoms with Gasteiger partial charge in [-0.05, 0) is 50.0 Å². The van der Waals surface area contributed by atoms with Gasteiger partial charge in [0.05, 0.1) is 6.61 Å². The molecule has 0 fully saturated rings. The molecule has 0 radical (unpaired) electrons. The molecule has 1 heterocycles. The number of ether oxygens (including phenoxy) is 3. The van der Waals surface area contributed by atoms with E-state index in [9.17, 15) is 0 Å². The summed E-state index contributed by atoms with van der Waals surface area (Å²) in [7, 11) is 0. The molecule has 1 aromatic rings. The van der Waals surface area contributed by atoms with Crippen molar-refractivity contribution in [2.45, 2.75) is 32.8 Å². The third kappa shape index (κ3) is 4.73. The second-order valence-corrected chi connectivity index (χ2v) is 4.70. The summed E-state index contributed by atoms with van der Waals surface area (Å²) in [5.41, 5.74) is 1.13. The van der Waals surface area contributed by atoms with Gasteiger partial charge in [0.2, 0.25) is 6.79 Å². The Kier molecular flexibility index (Phi) is 5.98. The monoisotopic (exact) mass is 265 g/mol. The topological polar surface area (TPSA) is 39.7 Å². The maximum absolute atomic E-state index is 5.66. The largest absolute Gasteiger partial charge is 0.454 e. The molecule has 0 saturated carbocycles. The summed E-state index contributed by atoms with van der Waals surface area (Å²) >= 11 is 0. The summed E-state index contributed by atoms with van der Waals surface area (Å²) in [4.78, 5) is 0. The molecule has 1 N–H and O–H groups in total. The lowest BCUT2D eigenvalue weighted by Gasteiger charge is -2.06. The molecule has 0 aromatic heterocycles. The van der Waals surface area contributed by atoms with Crippen LogP contribution < -0.4 is 14.8 Å². The zero-order valence-electron chi connectivity index (χ0n) is 11.6. The minimum atomic E-state index is 0.324. The van der Waals surface area contributed by atoms with Crippen molar-refractivity contribution in [2.75, 3.05) is 26.5 Å². The molecular weight excluding hydrogens is 242 g/mol. The van der Waals surface area contributed by atoms with E-state index >= 15 is 0 Å². The molecule has 0 unspecified atom stereocenters. The number of benzene rings is 1. The minimum absolute atomic E-state index is 0.324. The van der Waals surface area contributed by atoms with Gasteiger partial charge < -0.3 is 19.5 Å². The van der Waals surface area contributed by atoms with Crippen molar-refractivity contribution in [2.24, 2.45) is 0 Å². The molecular formula is C15H23NO3. The lowest BCUT2D eigenvalue weighted by atomic mass is 10.2. The van der Waals surface area contributed by atoms with Crippen molar-refractivity contribution in [1.82, 2.24) is 5.32 Å². The summed E-state index contributed by atoms with van der Waals surface area (Å²) in [6, 6.07) is 5.96. The molecule has 106 valence electrons. The van der Waals surface area contributed by atoms with Crippen molar-refractivity contribution in [1.29, 1.82) is 0 Å². The van der Waals surface area contributed by atoms with Crippen molar-refractivity contribution in [3.63, 3.8) is 0 Å². The van der Waals surface area contributed by atoms with Crippen LogP contribution in [0.4, 0.5) is 0 Å². The van der Waals surface area contributed by atoms with E-state index in [-0.39, 0.29) is 0 Å². The molecule has 2 rings (SSSR count). The highest BCUT2D eigenvalue weighted by atomic mass is 16.7. The van der Waals surface area contributed by atoms with E-state index in [0.717, 1.165) is 43.2 Å². The summed E-state index contributed by atoms with van der Waals surface area (Å²) < 4.78 is 16.3. The van der Waals surface area contributed by atoms with Crippen LogP contribution in [0.25, 0.3) is 0 Å².